The van der Waals surface area contributed by atoms with Gasteiger partial charge in [0.25, 0.3) is 11.1 Å². The number of aromatic amines is 1. The first kappa shape index (κ1) is 18.3. The zero-order valence-corrected chi connectivity index (χ0v) is 16.5. The minimum absolute atomic E-state index is 0.234. The summed E-state index contributed by atoms with van der Waals surface area (Å²) >= 11 is 0. The Labute approximate surface area is 171 Å². The fourth-order valence-corrected chi connectivity index (χ4v) is 3.89. The van der Waals surface area contributed by atoms with Gasteiger partial charge in [-0.1, -0.05) is 6.07 Å². The molecule has 152 valence electrons. The van der Waals surface area contributed by atoms with Crippen LogP contribution in [0.3, 0.4) is 0 Å². The second-order valence-electron chi connectivity index (χ2n) is 7.18. The largest absolute Gasteiger partial charge is 0.327 e. The van der Waals surface area contributed by atoms with E-state index >= 15 is 0 Å². The van der Waals surface area contributed by atoms with Gasteiger partial charge in [-0.05, 0) is 55.3 Å². The number of fused-ring (bicyclic) bond motifs is 2. The lowest BCUT2D eigenvalue weighted by molar-refractivity contribution is 0.572. The molecule has 3 aromatic heterocycles. The number of nitrogens with one attached hydrogen (secondary N) is 3. The van der Waals surface area contributed by atoms with E-state index in [-0.39, 0.29) is 11.1 Å². The first-order valence-corrected chi connectivity index (χ1v) is 9.92. The third kappa shape index (κ3) is 3.00. The van der Waals surface area contributed by atoms with Crippen molar-refractivity contribution in [2.75, 3.05) is 11.9 Å². The monoisotopic (exact) mass is 403 g/mol. The van der Waals surface area contributed by atoms with Crippen molar-refractivity contribution in [3.63, 3.8) is 0 Å². The zero-order valence-electron chi connectivity index (χ0n) is 16.5. The number of rotatable bonds is 4. The third-order valence-electron chi connectivity index (χ3n) is 5.35. The lowest BCUT2D eigenvalue weighted by Crippen LogP contribution is -2.25. The highest BCUT2D eigenvalue weighted by atomic mass is 16.1. The predicted molar refractivity (Wildman–Crippen MR) is 115 cm³/mol. The Bertz CT molecular complexity index is 1370. The number of H-pyrrole nitrogens is 1. The van der Waals surface area contributed by atoms with Crippen LogP contribution in [0, 0.1) is 0 Å². The van der Waals surface area contributed by atoms with Gasteiger partial charge < -0.3 is 15.6 Å². The van der Waals surface area contributed by atoms with Crippen LogP contribution in [0.4, 0.5) is 11.6 Å². The fraction of sp³-hybridized carbons (Fsp3) is 0.238. The van der Waals surface area contributed by atoms with Gasteiger partial charge in [0, 0.05) is 31.2 Å². The van der Waals surface area contributed by atoms with Gasteiger partial charge in [-0.15, -0.1) is 0 Å². The van der Waals surface area contributed by atoms with Crippen molar-refractivity contribution in [1.29, 1.82) is 0 Å². The maximum Gasteiger partial charge on any atom is 0.278 e. The van der Waals surface area contributed by atoms with Crippen LogP contribution < -0.4 is 21.8 Å². The highest BCUT2D eigenvalue weighted by Gasteiger charge is 2.18. The summed E-state index contributed by atoms with van der Waals surface area (Å²) in [6, 6.07) is 9.58. The number of anilines is 2. The molecule has 30 heavy (non-hydrogen) atoms. The maximum absolute atomic E-state index is 12.8. The second-order valence-corrected chi connectivity index (χ2v) is 7.18. The van der Waals surface area contributed by atoms with Gasteiger partial charge in [-0.2, -0.15) is 4.98 Å². The smallest absolute Gasteiger partial charge is 0.278 e. The van der Waals surface area contributed by atoms with E-state index in [9.17, 15) is 9.59 Å². The van der Waals surface area contributed by atoms with E-state index in [1.807, 2.05) is 13.0 Å². The van der Waals surface area contributed by atoms with Crippen molar-refractivity contribution in [3.05, 3.63) is 74.6 Å². The minimum Gasteiger partial charge on any atom is -0.327 e. The van der Waals surface area contributed by atoms with E-state index in [1.54, 1.807) is 23.0 Å². The van der Waals surface area contributed by atoms with Crippen molar-refractivity contribution in [2.24, 2.45) is 0 Å². The molecule has 5 rings (SSSR count). The number of benzene rings is 1. The molecule has 0 bridgehead atoms. The number of hydrogen-bond acceptors (Lipinski definition) is 6. The van der Waals surface area contributed by atoms with Crippen LogP contribution in [0.5, 0.6) is 0 Å². The van der Waals surface area contributed by atoms with E-state index in [2.05, 4.69) is 37.7 Å². The molecule has 0 aliphatic carbocycles. The molecule has 4 heterocycles. The standard InChI is InChI=1S/C21H21N7O2/c1-2-27-20(30)16-12-24-21(25-15-6-5-13-7-9-22-11-14(13)10-15)26-18(16)28(27)17-4-3-8-23-19(17)29/h3-6,8,10,12,22H,2,7,9,11H2,1H3,(H,23,29)(H,24,25,26). The van der Waals surface area contributed by atoms with Crippen molar-refractivity contribution < 1.29 is 0 Å². The molecule has 3 N–H and O–H groups in total. The SMILES string of the molecule is CCn1c(=O)c2cnc(Nc3ccc4c(c3)CNCC4)nc2n1-c1ccc[nH]c1=O. The van der Waals surface area contributed by atoms with Crippen molar-refractivity contribution in [1.82, 2.24) is 29.6 Å². The van der Waals surface area contributed by atoms with Gasteiger partial charge in [-0.3, -0.25) is 9.59 Å². The predicted octanol–water partition coefficient (Wildman–Crippen LogP) is 1.68. The topological polar surface area (TPSA) is 110 Å². The molecule has 0 saturated carbocycles. The lowest BCUT2D eigenvalue weighted by Gasteiger charge is -2.18. The summed E-state index contributed by atoms with van der Waals surface area (Å²) < 4.78 is 3.04. The summed E-state index contributed by atoms with van der Waals surface area (Å²) in [4.78, 5) is 36.8. The van der Waals surface area contributed by atoms with Crippen LogP contribution in [0.25, 0.3) is 16.7 Å². The van der Waals surface area contributed by atoms with E-state index < -0.39 is 0 Å². The number of hydrogen-bond donors (Lipinski definition) is 3. The summed E-state index contributed by atoms with van der Waals surface area (Å²) in [5.74, 6) is 0.362. The molecule has 9 heteroatoms. The molecule has 1 aliphatic heterocycles. The first-order chi connectivity index (χ1) is 14.7. The van der Waals surface area contributed by atoms with Crippen molar-refractivity contribution >= 4 is 22.7 Å². The van der Waals surface area contributed by atoms with Crippen LogP contribution in [0.2, 0.25) is 0 Å². The third-order valence-corrected chi connectivity index (χ3v) is 5.35. The quantitative estimate of drug-likeness (QED) is 0.478. The van der Waals surface area contributed by atoms with Crippen molar-refractivity contribution in [2.45, 2.75) is 26.4 Å². The van der Waals surface area contributed by atoms with Crippen LogP contribution in [-0.4, -0.2) is 30.9 Å². The van der Waals surface area contributed by atoms with E-state index in [0.717, 1.165) is 25.2 Å². The van der Waals surface area contributed by atoms with Crippen LogP contribution in [-0.2, 0) is 19.5 Å². The molecule has 0 fully saturated rings. The molecule has 0 atom stereocenters. The minimum atomic E-state index is -0.299. The Morgan fingerprint density at radius 1 is 1.20 bits per heavy atom. The molecule has 9 nitrogen and oxygen atoms in total. The Hall–Kier alpha value is -3.72. The maximum atomic E-state index is 12.8. The highest BCUT2D eigenvalue weighted by molar-refractivity contribution is 5.77. The molecular weight excluding hydrogens is 382 g/mol. The molecule has 1 aliphatic rings. The summed E-state index contributed by atoms with van der Waals surface area (Å²) in [6.07, 6.45) is 4.08. The van der Waals surface area contributed by atoms with Crippen molar-refractivity contribution in [3.8, 4) is 5.69 Å². The average molecular weight is 403 g/mol. The lowest BCUT2D eigenvalue weighted by atomic mass is 10.0. The Morgan fingerprint density at radius 3 is 2.93 bits per heavy atom. The molecule has 0 radical (unpaired) electrons. The van der Waals surface area contributed by atoms with Gasteiger partial charge in [0.05, 0.1) is 0 Å². The number of aromatic nitrogens is 5. The number of pyridine rings is 1. The molecule has 4 aromatic rings. The zero-order chi connectivity index (χ0) is 20.7. The summed E-state index contributed by atoms with van der Waals surface area (Å²) in [7, 11) is 0. The Morgan fingerprint density at radius 2 is 2.10 bits per heavy atom. The Balaban J connectivity index is 1.62. The Kier molecular flexibility index (Phi) is 4.44. The molecule has 0 unspecified atom stereocenters. The second kappa shape index (κ2) is 7.27. The fourth-order valence-electron chi connectivity index (χ4n) is 3.89. The summed E-state index contributed by atoms with van der Waals surface area (Å²) in [6.45, 7) is 4.07. The molecule has 1 aromatic carbocycles. The highest BCUT2D eigenvalue weighted by Crippen LogP contribution is 2.22. The van der Waals surface area contributed by atoms with E-state index in [0.29, 0.717) is 29.2 Å². The molecular formula is C21H21N7O2. The number of nitrogens with zero attached hydrogens (tertiary/aromatic N) is 4. The van der Waals surface area contributed by atoms with Gasteiger partial charge in [-0.25, -0.2) is 14.3 Å². The van der Waals surface area contributed by atoms with Gasteiger partial charge in [0.1, 0.15) is 11.1 Å². The molecule has 0 saturated heterocycles. The summed E-state index contributed by atoms with van der Waals surface area (Å²) in [5.41, 5.74) is 3.64. The van der Waals surface area contributed by atoms with Crippen LogP contribution >= 0.6 is 0 Å². The molecule has 0 spiro atoms. The summed E-state index contributed by atoms with van der Waals surface area (Å²) in [5, 5.41) is 6.96. The van der Waals surface area contributed by atoms with Crippen LogP contribution in [0.1, 0.15) is 18.1 Å². The van der Waals surface area contributed by atoms with Gasteiger partial charge in [0.2, 0.25) is 5.95 Å². The van der Waals surface area contributed by atoms with E-state index in [1.165, 1.54) is 22.0 Å². The van der Waals surface area contributed by atoms with E-state index in [4.69, 9.17) is 0 Å². The van der Waals surface area contributed by atoms with Crippen LogP contribution in [0.15, 0.2) is 52.3 Å². The molecule has 0 amide bonds. The average Bonchev–Trinajstić information content (AvgIpc) is 3.05. The first-order valence-electron chi connectivity index (χ1n) is 9.92. The van der Waals surface area contributed by atoms with Gasteiger partial charge >= 0.3 is 0 Å². The van der Waals surface area contributed by atoms with Gasteiger partial charge in [0.15, 0.2) is 5.65 Å². The normalized spacial score (nSPS) is 13.4.